The predicted molar refractivity (Wildman–Crippen MR) is 51.7 cm³/mol. The van der Waals surface area contributed by atoms with Crippen LogP contribution in [0.4, 0.5) is 0 Å². The Bertz CT molecular complexity index is 201. The van der Waals surface area contributed by atoms with E-state index < -0.39 is 5.95 Å². The van der Waals surface area contributed by atoms with Gasteiger partial charge in [0.25, 0.3) is 0 Å². The molecule has 3 nitrogen and oxygen atoms in total. The van der Waals surface area contributed by atoms with Crippen LogP contribution in [0.2, 0.25) is 0 Å². The quantitative estimate of drug-likeness (QED) is 0.338. The molecule has 12 heavy (non-hydrogen) atoms. The molecule has 0 aromatic heterocycles. The second-order valence-electron chi connectivity index (χ2n) is 4.87. The Morgan fingerprint density at radius 1 is 1.25 bits per heavy atom. The van der Waals surface area contributed by atoms with Crippen molar-refractivity contribution in [2.75, 3.05) is 45.9 Å². The maximum atomic E-state index is 3.52. The zero-order chi connectivity index (χ0) is 8.40. The van der Waals surface area contributed by atoms with Crippen LogP contribution in [0.3, 0.4) is 0 Å². The summed E-state index contributed by atoms with van der Waals surface area (Å²) in [4.78, 5) is 5.25. The molecule has 4 fully saturated rings. The molecule has 68 valence electrons. The summed E-state index contributed by atoms with van der Waals surface area (Å²) in [6, 6.07) is 0. The molecule has 2 atom stereocenters. The molecule has 0 amide bonds. The van der Waals surface area contributed by atoms with Gasteiger partial charge >= 0.3 is 81.7 Å². The fourth-order valence-corrected chi connectivity index (χ4v) is 10.5. The molecule has 0 N–H and O–H groups in total. The maximum absolute atomic E-state index is 3.52. The van der Waals surface area contributed by atoms with Gasteiger partial charge < -0.3 is 0 Å². The number of hydrogen-bond acceptors (Lipinski definition) is 2. The standard InChI is InChI=1S/C7H15N3PSe/c1-10-3-8-2-9(4-10)6-11(12,5-8)7-10/h2-7H2,1H3/q+1. The Morgan fingerprint density at radius 3 is 2.25 bits per heavy atom. The fraction of sp³-hybridized carbons (Fsp3) is 1.00. The summed E-state index contributed by atoms with van der Waals surface area (Å²) in [5.74, 6) is -0.686. The molecule has 2 unspecified atom stereocenters. The van der Waals surface area contributed by atoms with E-state index in [2.05, 4.69) is 32.4 Å². The summed E-state index contributed by atoms with van der Waals surface area (Å²) in [5.41, 5.74) is 0. The Balaban J connectivity index is 1.98. The number of rotatable bonds is 0. The zero-order valence-electron chi connectivity index (χ0n) is 7.44. The molecule has 0 aliphatic carbocycles. The Labute approximate surface area is 82.0 Å². The number of nitrogens with zero attached hydrogens (tertiary/aromatic N) is 3. The molecule has 4 bridgehead atoms. The van der Waals surface area contributed by atoms with Gasteiger partial charge in [0, 0.05) is 0 Å². The van der Waals surface area contributed by atoms with Gasteiger partial charge in [-0.3, -0.25) is 0 Å². The second-order valence-corrected chi connectivity index (χ2v) is 12.7. The molecular formula is C7H15N3PSe+. The summed E-state index contributed by atoms with van der Waals surface area (Å²) in [5, 5.41) is 0. The van der Waals surface area contributed by atoms with Gasteiger partial charge in [0.15, 0.2) is 0 Å². The van der Waals surface area contributed by atoms with Crippen LogP contribution < -0.4 is 0 Å². The van der Waals surface area contributed by atoms with Crippen molar-refractivity contribution in [2.24, 2.45) is 0 Å². The molecule has 0 aromatic rings. The molecule has 0 saturated carbocycles. The van der Waals surface area contributed by atoms with Crippen molar-refractivity contribution in [2.45, 2.75) is 0 Å². The molecule has 4 saturated heterocycles. The van der Waals surface area contributed by atoms with Gasteiger partial charge in [0.1, 0.15) is 0 Å². The van der Waals surface area contributed by atoms with Crippen LogP contribution in [0.25, 0.3) is 0 Å². The van der Waals surface area contributed by atoms with Crippen LogP contribution in [0.1, 0.15) is 0 Å². The third-order valence-electron chi connectivity index (χ3n) is 3.00. The van der Waals surface area contributed by atoms with Crippen molar-refractivity contribution in [1.29, 1.82) is 0 Å². The molecule has 4 heterocycles. The monoisotopic (exact) mass is 252 g/mol. The molecule has 0 aromatic carbocycles. The van der Waals surface area contributed by atoms with E-state index in [4.69, 9.17) is 0 Å². The van der Waals surface area contributed by atoms with E-state index in [1.54, 1.807) is 0 Å². The van der Waals surface area contributed by atoms with Gasteiger partial charge in [0.2, 0.25) is 0 Å². The fourth-order valence-electron chi connectivity index (χ4n) is 3.14. The van der Waals surface area contributed by atoms with Crippen LogP contribution in [0.5, 0.6) is 0 Å². The summed E-state index contributed by atoms with van der Waals surface area (Å²) in [6.07, 6.45) is 4.22. The molecule has 5 heteroatoms. The van der Waals surface area contributed by atoms with Crippen molar-refractivity contribution < 1.29 is 4.48 Å². The van der Waals surface area contributed by atoms with Crippen molar-refractivity contribution in [3.8, 4) is 0 Å². The van der Waals surface area contributed by atoms with Gasteiger partial charge in [0.05, 0.1) is 0 Å². The summed E-state index contributed by atoms with van der Waals surface area (Å²) in [6.45, 7) is 3.82. The van der Waals surface area contributed by atoms with Crippen LogP contribution in [0.15, 0.2) is 0 Å². The Kier molecular flexibility index (Phi) is 1.53. The van der Waals surface area contributed by atoms with E-state index in [0.717, 1.165) is 0 Å². The molecular weight excluding hydrogens is 236 g/mol. The molecule has 4 aliphatic heterocycles. The van der Waals surface area contributed by atoms with E-state index in [-0.39, 0.29) is 0 Å². The first kappa shape index (κ1) is 8.16. The third-order valence-corrected chi connectivity index (χ3v) is 8.21. The zero-order valence-corrected chi connectivity index (χ0v) is 10.0. The summed E-state index contributed by atoms with van der Waals surface area (Å²) < 4.78 is 1.28. The number of quaternary nitrogens is 1. The first-order chi connectivity index (χ1) is 5.57. The van der Waals surface area contributed by atoms with E-state index in [9.17, 15) is 0 Å². The van der Waals surface area contributed by atoms with Gasteiger partial charge in [-0.1, -0.05) is 0 Å². The minimum atomic E-state index is -0.686. The van der Waals surface area contributed by atoms with E-state index in [0.29, 0.717) is 0 Å². The topological polar surface area (TPSA) is 6.48 Å². The molecule has 4 aliphatic rings. The normalized spacial score (nSPS) is 62.5. The number of hydrogen-bond donors (Lipinski definition) is 0. The Morgan fingerprint density at radius 2 is 1.83 bits per heavy atom. The van der Waals surface area contributed by atoms with Crippen LogP contribution in [-0.2, 0) is 0 Å². The summed E-state index contributed by atoms with van der Waals surface area (Å²) >= 11 is 3.52. The minimum absolute atomic E-state index is 0.686. The van der Waals surface area contributed by atoms with Gasteiger partial charge in [-0.05, 0) is 0 Å². The van der Waals surface area contributed by atoms with Crippen molar-refractivity contribution in [3.63, 3.8) is 0 Å². The predicted octanol–water partition coefficient (Wildman–Crippen LogP) is -0.0761. The first-order valence-corrected chi connectivity index (χ1v) is 8.99. The van der Waals surface area contributed by atoms with Crippen LogP contribution in [-0.4, -0.2) is 75.8 Å². The van der Waals surface area contributed by atoms with E-state index in [1.165, 1.54) is 43.3 Å². The SMILES string of the molecule is C[N+]12CN3CN(C1)C[P+]([Se-])(C3)C2. The Hall–Kier alpha value is 0.829. The molecule has 4 rings (SSSR count). The van der Waals surface area contributed by atoms with Gasteiger partial charge in [-0.15, -0.1) is 0 Å². The van der Waals surface area contributed by atoms with E-state index >= 15 is 0 Å². The van der Waals surface area contributed by atoms with Crippen LogP contribution >= 0.6 is 5.95 Å². The van der Waals surface area contributed by atoms with Crippen molar-refractivity contribution >= 4 is 21.5 Å². The van der Waals surface area contributed by atoms with Crippen LogP contribution in [0, 0.1) is 0 Å². The van der Waals surface area contributed by atoms with Crippen molar-refractivity contribution in [1.82, 2.24) is 9.80 Å². The molecule has 0 spiro atoms. The second kappa shape index (κ2) is 2.25. The van der Waals surface area contributed by atoms with Gasteiger partial charge in [-0.2, -0.15) is 0 Å². The van der Waals surface area contributed by atoms with Gasteiger partial charge in [-0.25, -0.2) is 0 Å². The average Bonchev–Trinajstić information content (AvgIpc) is 1.75. The molecule has 0 radical (unpaired) electrons. The van der Waals surface area contributed by atoms with Crippen molar-refractivity contribution in [3.05, 3.63) is 0 Å². The first-order valence-electron chi connectivity index (χ1n) is 4.42. The van der Waals surface area contributed by atoms with E-state index in [1.807, 2.05) is 0 Å². The third kappa shape index (κ3) is 1.10. The average molecular weight is 251 g/mol. The summed E-state index contributed by atoms with van der Waals surface area (Å²) in [7, 11) is 2.41.